The monoisotopic (exact) mass is 267 g/mol. The molecule has 0 spiro atoms. The fourth-order valence-electron chi connectivity index (χ4n) is 3.51. The molecule has 2 fully saturated rings. The minimum atomic E-state index is 0.662. The lowest BCUT2D eigenvalue weighted by Crippen LogP contribution is -2.57. The van der Waals surface area contributed by atoms with E-state index >= 15 is 0 Å². The molecule has 0 aliphatic carbocycles. The Labute approximate surface area is 119 Å². The maximum absolute atomic E-state index is 3.73. The van der Waals surface area contributed by atoms with Crippen molar-refractivity contribution in [3.63, 3.8) is 0 Å². The van der Waals surface area contributed by atoms with Gasteiger partial charge in [0.25, 0.3) is 0 Å². The summed E-state index contributed by atoms with van der Waals surface area (Å²) in [6.45, 7) is 14.6. The van der Waals surface area contributed by atoms with Crippen LogP contribution in [0, 0.1) is 5.92 Å². The van der Waals surface area contributed by atoms with Crippen LogP contribution in [0.15, 0.2) is 0 Å². The fourth-order valence-corrected chi connectivity index (χ4v) is 3.51. The van der Waals surface area contributed by atoms with Crippen molar-refractivity contribution in [2.45, 2.75) is 58.5 Å². The third kappa shape index (κ3) is 4.44. The zero-order valence-corrected chi connectivity index (χ0v) is 13.2. The normalized spacial score (nSPS) is 27.5. The molecule has 2 aliphatic heterocycles. The minimum Gasteiger partial charge on any atom is -0.312 e. The summed E-state index contributed by atoms with van der Waals surface area (Å²) in [4.78, 5) is 5.43. The zero-order valence-electron chi connectivity index (χ0n) is 13.2. The van der Waals surface area contributed by atoms with Gasteiger partial charge >= 0.3 is 0 Å². The number of piperazine rings is 1. The van der Waals surface area contributed by atoms with E-state index in [0.717, 1.165) is 18.5 Å². The van der Waals surface area contributed by atoms with Crippen molar-refractivity contribution in [3.8, 4) is 0 Å². The Morgan fingerprint density at radius 2 is 2.00 bits per heavy atom. The SMILES string of the molecule is CCCNC(CN1CCN2CCCCC2C1)C(C)C. The molecule has 1 N–H and O–H groups in total. The van der Waals surface area contributed by atoms with Crippen molar-refractivity contribution in [2.24, 2.45) is 5.92 Å². The van der Waals surface area contributed by atoms with Gasteiger partial charge in [0.1, 0.15) is 0 Å². The molecule has 2 unspecified atom stereocenters. The van der Waals surface area contributed by atoms with Gasteiger partial charge in [-0.25, -0.2) is 0 Å². The topological polar surface area (TPSA) is 18.5 Å². The third-order valence-corrected chi connectivity index (χ3v) is 4.84. The maximum Gasteiger partial charge on any atom is 0.0223 e. The van der Waals surface area contributed by atoms with Crippen LogP contribution in [0.25, 0.3) is 0 Å². The summed E-state index contributed by atoms with van der Waals surface area (Å²) in [5, 5.41) is 3.73. The lowest BCUT2D eigenvalue weighted by molar-refractivity contribution is 0.0420. The maximum atomic E-state index is 3.73. The second kappa shape index (κ2) is 7.61. The van der Waals surface area contributed by atoms with Crippen LogP contribution in [-0.4, -0.2) is 61.2 Å². The van der Waals surface area contributed by atoms with Gasteiger partial charge < -0.3 is 5.32 Å². The van der Waals surface area contributed by atoms with Gasteiger partial charge in [-0.2, -0.15) is 0 Å². The Morgan fingerprint density at radius 3 is 2.74 bits per heavy atom. The van der Waals surface area contributed by atoms with Gasteiger partial charge in [-0.15, -0.1) is 0 Å². The lowest BCUT2D eigenvalue weighted by atomic mass is 9.98. The molecule has 112 valence electrons. The number of rotatable bonds is 6. The summed E-state index contributed by atoms with van der Waals surface area (Å²) in [6.07, 6.45) is 5.52. The highest BCUT2D eigenvalue weighted by molar-refractivity contribution is 4.87. The van der Waals surface area contributed by atoms with Crippen LogP contribution >= 0.6 is 0 Å². The van der Waals surface area contributed by atoms with E-state index in [-0.39, 0.29) is 0 Å². The van der Waals surface area contributed by atoms with Gasteiger partial charge in [0, 0.05) is 38.3 Å². The molecular formula is C16H33N3. The first-order valence-corrected chi connectivity index (χ1v) is 8.40. The van der Waals surface area contributed by atoms with Crippen molar-refractivity contribution < 1.29 is 0 Å². The van der Waals surface area contributed by atoms with Gasteiger partial charge in [0.15, 0.2) is 0 Å². The Balaban J connectivity index is 1.80. The van der Waals surface area contributed by atoms with Crippen LogP contribution in [0.5, 0.6) is 0 Å². The van der Waals surface area contributed by atoms with Crippen molar-refractivity contribution >= 4 is 0 Å². The molecule has 0 radical (unpaired) electrons. The summed E-state index contributed by atoms with van der Waals surface area (Å²) >= 11 is 0. The molecule has 0 aromatic heterocycles. The van der Waals surface area contributed by atoms with Crippen molar-refractivity contribution in [2.75, 3.05) is 39.3 Å². The van der Waals surface area contributed by atoms with Crippen LogP contribution in [-0.2, 0) is 0 Å². The molecule has 2 saturated heterocycles. The number of hydrogen-bond acceptors (Lipinski definition) is 3. The number of nitrogens with zero attached hydrogens (tertiary/aromatic N) is 2. The fraction of sp³-hybridized carbons (Fsp3) is 1.00. The first kappa shape index (κ1) is 15.3. The molecule has 3 heteroatoms. The molecule has 0 amide bonds. The molecule has 2 aliphatic rings. The van der Waals surface area contributed by atoms with Crippen LogP contribution in [0.3, 0.4) is 0 Å². The van der Waals surface area contributed by atoms with Crippen LogP contribution in [0.1, 0.15) is 46.5 Å². The molecule has 2 heterocycles. The number of hydrogen-bond donors (Lipinski definition) is 1. The summed E-state index contributed by atoms with van der Waals surface area (Å²) in [5.41, 5.74) is 0. The van der Waals surface area contributed by atoms with Crippen molar-refractivity contribution in [1.29, 1.82) is 0 Å². The van der Waals surface area contributed by atoms with Crippen LogP contribution in [0.4, 0.5) is 0 Å². The minimum absolute atomic E-state index is 0.662. The third-order valence-electron chi connectivity index (χ3n) is 4.84. The standard InChI is InChI=1S/C16H33N3/c1-4-8-17-16(14(2)3)13-18-10-11-19-9-6-5-7-15(19)12-18/h14-17H,4-13H2,1-3H3. The molecule has 0 bridgehead atoms. The van der Waals surface area contributed by atoms with E-state index in [9.17, 15) is 0 Å². The van der Waals surface area contributed by atoms with E-state index in [1.807, 2.05) is 0 Å². The van der Waals surface area contributed by atoms with Gasteiger partial charge in [0.2, 0.25) is 0 Å². The molecule has 3 nitrogen and oxygen atoms in total. The number of piperidine rings is 1. The van der Waals surface area contributed by atoms with Crippen LogP contribution in [0.2, 0.25) is 0 Å². The van der Waals surface area contributed by atoms with E-state index < -0.39 is 0 Å². The van der Waals surface area contributed by atoms with Crippen LogP contribution < -0.4 is 5.32 Å². The molecule has 2 atom stereocenters. The summed E-state index contributed by atoms with van der Waals surface area (Å²) in [5.74, 6) is 0.732. The van der Waals surface area contributed by atoms with Gasteiger partial charge in [-0.3, -0.25) is 9.80 Å². The van der Waals surface area contributed by atoms with Crippen molar-refractivity contribution in [3.05, 3.63) is 0 Å². The summed E-state index contributed by atoms with van der Waals surface area (Å²) < 4.78 is 0. The molecule has 0 aromatic carbocycles. The number of fused-ring (bicyclic) bond motifs is 1. The molecule has 0 saturated carbocycles. The summed E-state index contributed by atoms with van der Waals surface area (Å²) in [6, 6.07) is 1.51. The molecule has 0 aromatic rings. The van der Waals surface area contributed by atoms with Gasteiger partial charge in [-0.05, 0) is 38.3 Å². The highest BCUT2D eigenvalue weighted by Gasteiger charge is 2.30. The predicted molar refractivity (Wildman–Crippen MR) is 82.6 cm³/mol. The Bertz CT molecular complexity index is 254. The largest absolute Gasteiger partial charge is 0.312 e. The van der Waals surface area contributed by atoms with E-state index in [1.54, 1.807) is 0 Å². The van der Waals surface area contributed by atoms with E-state index in [2.05, 4.69) is 35.9 Å². The van der Waals surface area contributed by atoms with E-state index in [0.29, 0.717) is 6.04 Å². The Kier molecular flexibility index (Phi) is 6.11. The van der Waals surface area contributed by atoms with Crippen molar-refractivity contribution in [1.82, 2.24) is 15.1 Å². The molecule has 19 heavy (non-hydrogen) atoms. The van der Waals surface area contributed by atoms with Gasteiger partial charge in [0.05, 0.1) is 0 Å². The first-order chi connectivity index (χ1) is 9.20. The smallest absolute Gasteiger partial charge is 0.0223 e. The van der Waals surface area contributed by atoms with E-state index in [1.165, 1.54) is 58.4 Å². The summed E-state index contributed by atoms with van der Waals surface area (Å²) in [7, 11) is 0. The second-order valence-electron chi connectivity index (χ2n) is 6.75. The number of nitrogens with one attached hydrogen (secondary N) is 1. The van der Waals surface area contributed by atoms with Gasteiger partial charge in [-0.1, -0.05) is 27.2 Å². The zero-order chi connectivity index (χ0) is 13.7. The highest BCUT2D eigenvalue weighted by atomic mass is 15.3. The molecular weight excluding hydrogens is 234 g/mol. The van der Waals surface area contributed by atoms with E-state index in [4.69, 9.17) is 0 Å². The Morgan fingerprint density at radius 1 is 1.16 bits per heavy atom. The highest BCUT2D eigenvalue weighted by Crippen LogP contribution is 2.21. The second-order valence-corrected chi connectivity index (χ2v) is 6.75. The first-order valence-electron chi connectivity index (χ1n) is 8.40. The quantitative estimate of drug-likeness (QED) is 0.796. The molecule has 2 rings (SSSR count). The average Bonchev–Trinajstić information content (AvgIpc) is 2.43. The predicted octanol–water partition coefficient (Wildman–Crippen LogP) is 2.18. The Hall–Kier alpha value is -0.120. The average molecular weight is 267 g/mol. The lowest BCUT2D eigenvalue weighted by Gasteiger charge is -2.45.